The molecule has 21 heavy (non-hydrogen) atoms. The van der Waals surface area contributed by atoms with Crippen LogP contribution in [0.15, 0.2) is 18.2 Å². The average Bonchev–Trinajstić information content (AvgIpc) is 2.39. The van der Waals surface area contributed by atoms with Gasteiger partial charge in [-0.3, -0.25) is 9.59 Å². The van der Waals surface area contributed by atoms with Crippen molar-refractivity contribution < 1.29 is 14.0 Å². The Bertz CT molecular complexity index is 589. The van der Waals surface area contributed by atoms with Crippen LogP contribution in [0.4, 0.5) is 4.39 Å². The van der Waals surface area contributed by atoms with Gasteiger partial charge in [0.1, 0.15) is 17.4 Å². The maximum Gasteiger partial charge on any atom is 0.248 e. The molecule has 2 amide bonds. The molecule has 1 fully saturated rings. The molecular weight excluding hydrogens is 295 g/mol. The number of nitrogens with zero attached hydrogens (tertiary/aromatic N) is 1. The first-order valence-corrected chi connectivity index (χ1v) is 7.21. The van der Waals surface area contributed by atoms with E-state index in [0.717, 1.165) is 0 Å². The van der Waals surface area contributed by atoms with Gasteiger partial charge in [-0.2, -0.15) is 0 Å². The molecule has 1 aromatic carbocycles. The number of rotatable bonds is 3. The molecule has 0 bridgehead atoms. The summed E-state index contributed by atoms with van der Waals surface area (Å²) in [6, 6.07) is 3.60. The van der Waals surface area contributed by atoms with Crippen molar-refractivity contribution >= 4 is 23.4 Å². The van der Waals surface area contributed by atoms with Crippen LogP contribution in [-0.2, 0) is 16.1 Å². The van der Waals surface area contributed by atoms with Crippen molar-refractivity contribution in [2.75, 3.05) is 0 Å². The number of hydrogen-bond donors (Lipinski definition) is 1. The number of hydrogen-bond acceptors (Lipinski definition) is 2. The highest BCUT2D eigenvalue weighted by Crippen LogP contribution is 2.24. The Morgan fingerprint density at radius 1 is 1.38 bits per heavy atom. The molecule has 4 nitrogen and oxygen atoms in total. The van der Waals surface area contributed by atoms with Crippen LogP contribution in [0, 0.1) is 5.82 Å². The van der Waals surface area contributed by atoms with Crippen molar-refractivity contribution in [3.63, 3.8) is 0 Å². The van der Waals surface area contributed by atoms with E-state index in [0.29, 0.717) is 17.0 Å². The second-order valence-electron chi connectivity index (χ2n) is 5.71. The summed E-state index contributed by atoms with van der Waals surface area (Å²) < 4.78 is 13.9. The van der Waals surface area contributed by atoms with Crippen molar-refractivity contribution in [2.24, 2.45) is 0 Å². The zero-order valence-corrected chi connectivity index (χ0v) is 13.0. The molecule has 1 aliphatic heterocycles. The summed E-state index contributed by atoms with van der Waals surface area (Å²) in [5.41, 5.74) is -0.683. The van der Waals surface area contributed by atoms with E-state index in [-0.39, 0.29) is 18.4 Å². The normalized spacial score (nSPS) is 21.4. The number of nitrogens with one attached hydrogen (secondary N) is 1. The van der Waals surface area contributed by atoms with Crippen LogP contribution in [0.2, 0.25) is 5.02 Å². The Kier molecular flexibility index (Phi) is 4.23. The average molecular weight is 313 g/mol. The van der Waals surface area contributed by atoms with Crippen LogP contribution in [0.5, 0.6) is 0 Å². The van der Waals surface area contributed by atoms with Gasteiger partial charge in [-0.25, -0.2) is 4.39 Å². The molecule has 0 aliphatic carbocycles. The molecule has 6 heteroatoms. The van der Waals surface area contributed by atoms with Gasteiger partial charge in [-0.05, 0) is 38.5 Å². The predicted molar refractivity (Wildman–Crippen MR) is 78.3 cm³/mol. The SMILES string of the molecule is CCC1C(=O)NC(C)(C)C(=O)N1Cc1cc(Cl)ccc1F. The van der Waals surface area contributed by atoms with Crippen molar-refractivity contribution in [1.82, 2.24) is 10.2 Å². The Balaban J connectivity index is 2.36. The summed E-state index contributed by atoms with van der Waals surface area (Å²) in [6.07, 6.45) is 0.468. The maximum absolute atomic E-state index is 13.9. The molecule has 0 radical (unpaired) electrons. The monoisotopic (exact) mass is 312 g/mol. The van der Waals surface area contributed by atoms with Crippen molar-refractivity contribution in [1.29, 1.82) is 0 Å². The van der Waals surface area contributed by atoms with Gasteiger partial charge in [0, 0.05) is 17.1 Å². The lowest BCUT2D eigenvalue weighted by Gasteiger charge is -2.42. The second kappa shape index (κ2) is 5.64. The first-order valence-electron chi connectivity index (χ1n) is 6.83. The van der Waals surface area contributed by atoms with Crippen LogP contribution in [0.1, 0.15) is 32.8 Å². The molecule has 1 aliphatic rings. The molecule has 1 N–H and O–H groups in total. The third-order valence-corrected chi connectivity index (χ3v) is 3.88. The topological polar surface area (TPSA) is 49.4 Å². The molecule has 1 aromatic rings. The molecule has 114 valence electrons. The van der Waals surface area contributed by atoms with Crippen molar-refractivity contribution in [2.45, 2.75) is 45.3 Å². The summed E-state index contributed by atoms with van der Waals surface area (Å²) in [6.45, 7) is 5.12. The van der Waals surface area contributed by atoms with Crippen LogP contribution < -0.4 is 5.32 Å². The van der Waals surface area contributed by atoms with Gasteiger partial charge in [0.05, 0.1) is 0 Å². The van der Waals surface area contributed by atoms with Gasteiger partial charge in [0.15, 0.2) is 0 Å². The van der Waals surface area contributed by atoms with Crippen LogP contribution in [0.25, 0.3) is 0 Å². The quantitative estimate of drug-likeness (QED) is 0.932. The van der Waals surface area contributed by atoms with Crippen LogP contribution >= 0.6 is 11.6 Å². The molecule has 2 rings (SSSR count). The minimum absolute atomic E-state index is 0.0284. The van der Waals surface area contributed by atoms with Crippen LogP contribution in [-0.4, -0.2) is 28.3 Å². The third kappa shape index (κ3) is 3.02. The Hall–Kier alpha value is -1.62. The number of carbonyl (C=O) groups excluding carboxylic acids is 2. The lowest BCUT2D eigenvalue weighted by molar-refractivity contribution is -0.154. The molecule has 1 heterocycles. The Morgan fingerprint density at radius 3 is 2.67 bits per heavy atom. The third-order valence-electron chi connectivity index (χ3n) is 3.65. The highest BCUT2D eigenvalue weighted by atomic mass is 35.5. The number of benzene rings is 1. The van der Waals surface area contributed by atoms with E-state index in [9.17, 15) is 14.0 Å². The molecule has 1 saturated heterocycles. The minimum Gasteiger partial charge on any atom is -0.340 e. The molecule has 0 spiro atoms. The van der Waals surface area contributed by atoms with E-state index in [2.05, 4.69) is 5.32 Å². The number of halogens is 2. The van der Waals surface area contributed by atoms with Gasteiger partial charge in [-0.1, -0.05) is 18.5 Å². The molecule has 1 atom stereocenters. The smallest absolute Gasteiger partial charge is 0.248 e. The Morgan fingerprint density at radius 2 is 2.05 bits per heavy atom. The first kappa shape index (κ1) is 15.8. The van der Waals surface area contributed by atoms with E-state index in [1.807, 2.05) is 6.92 Å². The lowest BCUT2D eigenvalue weighted by atomic mass is 9.95. The summed E-state index contributed by atoms with van der Waals surface area (Å²) in [5.74, 6) is -0.885. The fourth-order valence-electron chi connectivity index (χ4n) is 2.52. The standard InChI is InChI=1S/C15H18ClFN2O2/c1-4-12-13(20)18-15(2,3)14(21)19(12)8-9-7-10(16)5-6-11(9)17/h5-7,12H,4,8H2,1-3H3,(H,18,20). The summed E-state index contributed by atoms with van der Waals surface area (Å²) >= 11 is 5.88. The zero-order valence-electron chi connectivity index (χ0n) is 12.2. The van der Waals surface area contributed by atoms with E-state index >= 15 is 0 Å². The number of piperazine rings is 1. The molecule has 0 aromatic heterocycles. The van der Waals surface area contributed by atoms with Crippen molar-refractivity contribution in [3.8, 4) is 0 Å². The highest BCUT2D eigenvalue weighted by molar-refractivity contribution is 6.30. The Labute approximate surface area is 128 Å². The summed E-state index contributed by atoms with van der Waals surface area (Å²) in [5, 5.41) is 3.09. The number of carbonyl (C=O) groups is 2. The molecular formula is C15H18ClFN2O2. The van der Waals surface area contributed by atoms with Gasteiger partial charge >= 0.3 is 0 Å². The van der Waals surface area contributed by atoms with Crippen molar-refractivity contribution in [3.05, 3.63) is 34.6 Å². The van der Waals surface area contributed by atoms with Gasteiger partial charge in [0.25, 0.3) is 0 Å². The lowest BCUT2D eigenvalue weighted by Crippen LogP contribution is -2.67. The van der Waals surface area contributed by atoms with E-state index in [4.69, 9.17) is 11.6 Å². The van der Waals surface area contributed by atoms with E-state index in [1.165, 1.54) is 23.1 Å². The van der Waals surface area contributed by atoms with Gasteiger partial charge in [0.2, 0.25) is 11.8 Å². The number of amides is 2. The summed E-state index contributed by atoms with van der Waals surface area (Å²) in [7, 11) is 0. The van der Waals surface area contributed by atoms with Gasteiger partial charge in [-0.15, -0.1) is 0 Å². The predicted octanol–water partition coefficient (Wildman–Crippen LogP) is 2.49. The fourth-order valence-corrected chi connectivity index (χ4v) is 2.72. The zero-order chi connectivity index (χ0) is 15.8. The van der Waals surface area contributed by atoms with E-state index in [1.54, 1.807) is 13.8 Å². The fraction of sp³-hybridized carbons (Fsp3) is 0.467. The largest absolute Gasteiger partial charge is 0.340 e. The first-order chi connectivity index (χ1) is 9.76. The maximum atomic E-state index is 13.9. The summed E-state index contributed by atoms with van der Waals surface area (Å²) in [4.78, 5) is 26.1. The molecule has 1 unspecified atom stereocenters. The highest BCUT2D eigenvalue weighted by Gasteiger charge is 2.44. The second-order valence-corrected chi connectivity index (χ2v) is 6.14. The minimum atomic E-state index is -0.988. The van der Waals surface area contributed by atoms with Gasteiger partial charge < -0.3 is 10.2 Å². The van der Waals surface area contributed by atoms with Crippen LogP contribution in [0.3, 0.4) is 0 Å². The van der Waals surface area contributed by atoms with E-state index < -0.39 is 17.4 Å². The molecule has 0 saturated carbocycles.